The smallest absolute Gasteiger partial charge is 0.376 e. The quantitative estimate of drug-likeness (QED) is 0.735. The molecule has 2 atom stereocenters. The average molecular weight is 426 g/mol. The summed E-state index contributed by atoms with van der Waals surface area (Å²) in [5, 5.41) is 4.17. The van der Waals surface area contributed by atoms with Crippen LogP contribution in [0.25, 0.3) is 5.65 Å². The minimum Gasteiger partial charge on any atom is -0.376 e. The molecule has 0 aromatic carbocycles. The molecule has 10 heteroatoms. The van der Waals surface area contributed by atoms with E-state index in [1.165, 1.54) is 6.92 Å². The zero-order valence-corrected chi connectivity index (χ0v) is 16.8. The van der Waals surface area contributed by atoms with Gasteiger partial charge in [0, 0.05) is 37.4 Å². The maximum atomic E-state index is 13.3. The molecule has 0 saturated carbocycles. The molecule has 30 heavy (non-hydrogen) atoms. The number of likely N-dealkylation sites (tertiary alicyclic amines) is 1. The molecule has 2 aliphatic rings. The summed E-state index contributed by atoms with van der Waals surface area (Å²) < 4.78 is 52.0. The number of aryl methyl sites for hydroxylation is 1. The number of halogens is 3. The molecule has 0 aliphatic carbocycles. The van der Waals surface area contributed by atoms with Crippen molar-refractivity contribution in [3.8, 4) is 0 Å². The lowest BCUT2D eigenvalue weighted by molar-refractivity contribution is -0.142. The van der Waals surface area contributed by atoms with Crippen LogP contribution in [-0.4, -0.2) is 64.4 Å². The summed E-state index contributed by atoms with van der Waals surface area (Å²) in [6, 6.07) is 2.57. The van der Waals surface area contributed by atoms with Crippen molar-refractivity contribution in [1.82, 2.24) is 19.5 Å². The minimum atomic E-state index is -4.52. The molecule has 1 amide bonds. The van der Waals surface area contributed by atoms with Gasteiger partial charge in [-0.2, -0.15) is 18.3 Å². The number of carbonyl (C=O) groups excluding carboxylic acids is 1. The zero-order chi connectivity index (χ0) is 21.3. The van der Waals surface area contributed by atoms with Gasteiger partial charge in [-0.05, 0) is 38.7 Å². The second kappa shape index (κ2) is 8.50. The fourth-order valence-corrected chi connectivity index (χ4v) is 4.06. The molecule has 0 bridgehead atoms. The summed E-state index contributed by atoms with van der Waals surface area (Å²) in [5.41, 5.74) is 0.118. The Morgan fingerprint density at radius 2 is 2.13 bits per heavy atom. The third-order valence-corrected chi connectivity index (χ3v) is 5.63. The number of carbonyl (C=O) groups is 1. The predicted octanol–water partition coefficient (Wildman–Crippen LogP) is 2.96. The molecule has 4 heterocycles. The van der Waals surface area contributed by atoms with Crippen LogP contribution in [0, 0.1) is 6.92 Å². The number of amides is 1. The number of alkyl halides is 3. The van der Waals surface area contributed by atoms with Crippen LogP contribution >= 0.6 is 0 Å². The van der Waals surface area contributed by atoms with Gasteiger partial charge >= 0.3 is 6.18 Å². The van der Waals surface area contributed by atoms with E-state index in [0.717, 1.165) is 36.5 Å². The van der Waals surface area contributed by atoms with Gasteiger partial charge in [-0.15, -0.1) is 0 Å². The van der Waals surface area contributed by atoms with Gasteiger partial charge in [-0.3, -0.25) is 4.79 Å². The largest absolute Gasteiger partial charge is 0.433 e. The normalized spacial score (nSPS) is 22.7. The third kappa shape index (κ3) is 4.59. The monoisotopic (exact) mass is 426 g/mol. The zero-order valence-electron chi connectivity index (χ0n) is 16.8. The maximum Gasteiger partial charge on any atom is 0.433 e. The van der Waals surface area contributed by atoms with Crippen LogP contribution < -0.4 is 0 Å². The molecule has 7 nitrogen and oxygen atoms in total. The van der Waals surface area contributed by atoms with E-state index in [2.05, 4.69) is 10.1 Å². The van der Waals surface area contributed by atoms with Crippen LogP contribution in [-0.2, 0) is 20.4 Å². The Morgan fingerprint density at radius 1 is 1.30 bits per heavy atom. The van der Waals surface area contributed by atoms with Crippen molar-refractivity contribution in [2.45, 2.75) is 50.8 Å². The van der Waals surface area contributed by atoms with Crippen LogP contribution in [0.5, 0.6) is 0 Å². The van der Waals surface area contributed by atoms with Crippen molar-refractivity contribution in [1.29, 1.82) is 0 Å². The van der Waals surface area contributed by atoms with Gasteiger partial charge in [0.2, 0.25) is 5.91 Å². The minimum absolute atomic E-state index is 0.0171. The molecule has 2 aliphatic heterocycles. The van der Waals surface area contributed by atoms with Crippen molar-refractivity contribution in [2.75, 3.05) is 32.9 Å². The van der Waals surface area contributed by atoms with E-state index in [4.69, 9.17) is 9.47 Å². The lowest BCUT2D eigenvalue weighted by Crippen LogP contribution is -2.33. The van der Waals surface area contributed by atoms with E-state index in [1.54, 1.807) is 11.0 Å². The van der Waals surface area contributed by atoms with Gasteiger partial charge in [0.1, 0.15) is 12.3 Å². The van der Waals surface area contributed by atoms with E-state index < -0.39 is 11.9 Å². The van der Waals surface area contributed by atoms with Crippen LogP contribution in [0.1, 0.15) is 48.7 Å². The van der Waals surface area contributed by atoms with Crippen molar-refractivity contribution in [3.05, 3.63) is 29.2 Å². The van der Waals surface area contributed by atoms with E-state index in [-0.39, 0.29) is 35.9 Å². The van der Waals surface area contributed by atoms with Crippen molar-refractivity contribution in [2.24, 2.45) is 0 Å². The highest BCUT2D eigenvalue weighted by atomic mass is 19.4. The topological polar surface area (TPSA) is 69.0 Å². The average Bonchev–Trinajstić information content (AvgIpc) is 3.34. The van der Waals surface area contributed by atoms with Gasteiger partial charge in [0.15, 0.2) is 5.65 Å². The molecular weight excluding hydrogens is 401 g/mol. The molecule has 4 rings (SSSR count). The fraction of sp³-hybridized carbons (Fsp3) is 0.650. The van der Waals surface area contributed by atoms with Crippen LogP contribution in [0.15, 0.2) is 12.1 Å². The van der Waals surface area contributed by atoms with E-state index in [1.807, 2.05) is 0 Å². The summed E-state index contributed by atoms with van der Waals surface area (Å²) in [7, 11) is 0. The molecule has 2 aromatic rings. The molecule has 0 N–H and O–H groups in total. The number of hydrogen-bond donors (Lipinski definition) is 0. The molecule has 0 radical (unpaired) electrons. The van der Waals surface area contributed by atoms with Crippen LogP contribution in [0.4, 0.5) is 13.2 Å². The number of nitrogens with zero attached hydrogens (tertiary/aromatic N) is 4. The highest BCUT2D eigenvalue weighted by molar-refractivity contribution is 5.77. The fourth-order valence-electron chi connectivity index (χ4n) is 4.06. The lowest BCUT2D eigenvalue weighted by atomic mass is 10.1. The molecule has 164 valence electrons. The van der Waals surface area contributed by atoms with Gasteiger partial charge in [0.05, 0.1) is 18.4 Å². The second-order valence-electron chi connectivity index (χ2n) is 7.95. The van der Waals surface area contributed by atoms with Gasteiger partial charge < -0.3 is 14.4 Å². The van der Waals surface area contributed by atoms with E-state index in [0.29, 0.717) is 31.8 Å². The predicted molar refractivity (Wildman–Crippen MR) is 101 cm³/mol. The van der Waals surface area contributed by atoms with Crippen molar-refractivity contribution in [3.63, 3.8) is 0 Å². The molecule has 0 spiro atoms. The van der Waals surface area contributed by atoms with Gasteiger partial charge in [0.25, 0.3) is 0 Å². The first-order valence-electron chi connectivity index (χ1n) is 10.2. The summed E-state index contributed by atoms with van der Waals surface area (Å²) >= 11 is 0. The van der Waals surface area contributed by atoms with Crippen LogP contribution in [0.2, 0.25) is 0 Å². The Balaban J connectivity index is 1.38. The van der Waals surface area contributed by atoms with Crippen molar-refractivity contribution < 1.29 is 27.4 Å². The first kappa shape index (κ1) is 21.0. The Bertz CT molecular complexity index is 909. The summed E-state index contributed by atoms with van der Waals surface area (Å²) in [5.74, 6) is -0.249. The van der Waals surface area contributed by atoms with Crippen LogP contribution in [0.3, 0.4) is 0 Å². The molecule has 2 saturated heterocycles. The van der Waals surface area contributed by atoms with E-state index >= 15 is 0 Å². The number of hydrogen-bond acceptors (Lipinski definition) is 5. The van der Waals surface area contributed by atoms with Gasteiger partial charge in [-0.25, -0.2) is 9.50 Å². The van der Waals surface area contributed by atoms with E-state index in [9.17, 15) is 18.0 Å². The maximum absolute atomic E-state index is 13.3. The standard InChI is InChI=1S/C20H25F3N4O3/c1-13-8-17(20(21,22)23)27-18(24-13)9-16(25-27)14-5-6-26(10-14)19(28)12-29-11-15-4-2-3-7-30-15/h8-9,14-15H,2-7,10-12H2,1H3/t14-,15+/m1/s1. The number of rotatable bonds is 5. The number of ether oxygens (including phenoxy) is 2. The SMILES string of the molecule is Cc1cc(C(F)(F)F)n2nc([C@@H]3CCN(C(=O)COC[C@@H]4CCCCO4)C3)cc2n1. The Hall–Kier alpha value is -2.20. The van der Waals surface area contributed by atoms with Crippen molar-refractivity contribution >= 4 is 11.6 Å². The molecular formula is C20H25F3N4O3. The Morgan fingerprint density at radius 3 is 2.87 bits per heavy atom. The number of aromatic nitrogens is 3. The molecule has 2 fully saturated rings. The molecule has 0 unspecified atom stereocenters. The first-order valence-corrected chi connectivity index (χ1v) is 10.2. The van der Waals surface area contributed by atoms with Gasteiger partial charge in [-0.1, -0.05) is 0 Å². The highest BCUT2D eigenvalue weighted by Gasteiger charge is 2.36. The second-order valence-corrected chi connectivity index (χ2v) is 7.95. The third-order valence-electron chi connectivity index (χ3n) is 5.63. The molecule has 2 aromatic heterocycles. The summed E-state index contributed by atoms with van der Waals surface area (Å²) in [6.45, 7) is 3.58. The number of fused-ring (bicyclic) bond motifs is 1. The lowest BCUT2D eigenvalue weighted by Gasteiger charge is -2.23. The summed E-state index contributed by atoms with van der Waals surface area (Å²) in [6.07, 6.45) is -0.712. The summed E-state index contributed by atoms with van der Waals surface area (Å²) in [4.78, 5) is 18.3. The highest BCUT2D eigenvalue weighted by Crippen LogP contribution is 2.32. The first-order chi connectivity index (χ1) is 14.3. The Kier molecular flexibility index (Phi) is 5.97. The Labute approximate surface area is 172 Å².